The molecule has 2 aromatic carbocycles. The van der Waals surface area contributed by atoms with E-state index in [0.29, 0.717) is 21.8 Å². The molecule has 186 valence electrons. The first-order valence-electron chi connectivity index (χ1n) is 11.2. The number of pyridine rings is 1. The number of nitrogens with two attached hydrogens (primary N) is 1. The number of nitrogens with zero attached hydrogens (tertiary/aromatic N) is 2. The quantitative estimate of drug-likeness (QED) is 0.379. The minimum Gasteiger partial charge on any atom is -0.475 e. The van der Waals surface area contributed by atoms with Crippen molar-refractivity contribution in [3.63, 3.8) is 0 Å². The highest BCUT2D eigenvalue weighted by Gasteiger charge is 2.36. The molecule has 0 bridgehead atoms. The Kier molecular flexibility index (Phi) is 6.67. The summed E-state index contributed by atoms with van der Waals surface area (Å²) in [6.07, 6.45) is -0.540. The topological polar surface area (TPSA) is 128 Å². The molecule has 5 rings (SSSR count). The Morgan fingerprint density at radius 2 is 1.97 bits per heavy atom. The van der Waals surface area contributed by atoms with Crippen molar-refractivity contribution >= 4 is 38.4 Å². The minimum atomic E-state index is -4.10. The number of morpholine rings is 1. The van der Waals surface area contributed by atoms with Gasteiger partial charge in [-0.1, -0.05) is 48.0 Å². The van der Waals surface area contributed by atoms with E-state index in [1.165, 1.54) is 10.4 Å². The van der Waals surface area contributed by atoms with Gasteiger partial charge in [0.1, 0.15) is 23.3 Å². The number of halogens is 1. The smallest absolute Gasteiger partial charge is 0.266 e. The Morgan fingerprint density at radius 1 is 1.17 bits per heavy atom. The molecule has 1 aliphatic rings. The Hall–Kier alpha value is -3.44. The zero-order valence-corrected chi connectivity index (χ0v) is 20.6. The number of amides is 1. The van der Waals surface area contributed by atoms with Gasteiger partial charge in [-0.15, -0.1) is 0 Å². The van der Waals surface area contributed by atoms with Crippen molar-refractivity contribution in [1.82, 2.24) is 14.3 Å². The maximum Gasteiger partial charge on any atom is 0.266 e. The van der Waals surface area contributed by atoms with Gasteiger partial charge in [-0.05, 0) is 24.3 Å². The lowest BCUT2D eigenvalue weighted by molar-refractivity contribution is -0.0256. The molecule has 0 unspecified atom stereocenters. The number of sulfonamides is 1. The van der Waals surface area contributed by atoms with Crippen LogP contribution in [0.2, 0.25) is 5.02 Å². The van der Waals surface area contributed by atoms with Crippen LogP contribution in [-0.2, 0) is 14.8 Å². The first kappa shape index (κ1) is 24.3. The van der Waals surface area contributed by atoms with Crippen molar-refractivity contribution < 1.29 is 22.7 Å². The number of ether oxygens (including phenoxy) is 2. The first-order chi connectivity index (χ1) is 17.3. The third kappa shape index (κ3) is 4.80. The molecule has 3 N–H and O–H groups in total. The first-order valence-corrected chi connectivity index (χ1v) is 13.0. The normalized spacial score (nSPS) is 16.8. The summed E-state index contributed by atoms with van der Waals surface area (Å²) in [5.41, 5.74) is 7.48. The Balaban J connectivity index is 1.35. The fraction of sp³-hybridized carbons (Fsp3) is 0.200. The van der Waals surface area contributed by atoms with Gasteiger partial charge in [-0.25, -0.2) is 13.4 Å². The van der Waals surface area contributed by atoms with Crippen LogP contribution in [-0.4, -0.2) is 61.0 Å². The van der Waals surface area contributed by atoms with Gasteiger partial charge in [0, 0.05) is 40.6 Å². The zero-order chi connectivity index (χ0) is 25.3. The van der Waals surface area contributed by atoms with Gasteiger partial charge in [0.2, 0.25) is 15.9 Å². The average molecular weight is 527 g/mol. The molecule has 0 radical (unpaired) electrons. The molecule has 11 heteroatoms. The van der Waals surface area contributed by atoms with Gasteiger partial charge in [0.25, 0.3) is 5.91 Å². The molecule has 1 amide bonds. The second kappa shape index (κ2) is 9.90. The van der Waals surface area contributed by atoms with E-state index in [2.05, 4.69) is 9.97 Å². The van der Waals surface area contributed by atoms with Crippen molar-refractivity contribution in [3.8, 4) is 17.1 Å². The second-order valence-corrected chi connectivity index (χ2v) is 10.6. The lowest BCUT2D eigenvalue weighted by Gasteiger charge is -2.32. The Morgan fingerprint density at radius 3 is 2.75 bits per heavy atom. The number of primary amides is 1. The van der Waals surface area contributed by atoms with Crippen LogP contribution >= 0.6 is 11.6 Å². The largest absolute Gasteiger partial charge is 0.475 e. The monoisotopic (exact) mass is 526 g/mol. The summed E-state index contributed by atoms with van der Waals surface area (Å²) in [5, 5.41) is 0.643. The fourth-order valence-electron chi connectivity index (χ4n) is 4.16. The summed E-state index contributed by atoms with van der Waals surface area (Å²) < 4.78 is 40.2. The van der Waals surface area contributed by atoms with Crippen molar-refractivity contribution in [3.05, 3.63) is 77.4 Å². The number of hydrogen-bond acceptors (Lipinski definition) is 6. The van der Waals surface area contributed by atoms with Gasteiger partial charge in [0.15, 0.2) is 0 Å². The molecular formula is C25H23ClN4O5S. The number of carbonyl (C=O) groups excluding carboxylic acids is 1. The number of H-pyrrole nitrogens is 1. The standard InChI is InChI=1S/C25H23ClN4O5S/c26-17-9-10-21-19(13-17)24(23(29-21)25(27)31)36(32,33)30-11-12-34-18(14-30)15-35-22-8-4-7-20(28-22)16-5-2-1-3-6-16/h1-10,13,18,29H,11-12,14-15H2,(H2,27,31)/t18-/m0/s1. The zero-order valence-electron chi connectivity index (χ0n) is 19.1. The summed E-state index contributed by atoms with van der Waals surface area (Å²) in [5.74, 6) is -0.472. The molecule has 9 nitrogen and oxygen atoms in total. The highest BCUT2D eigenvalue weighted by atomic mass is 35.5. The predicted octanol–water partition coefficient (Wildman–Crippen LogP) is 3.45. The molecule has 2 aromatic heterocycles. The number of aromatic nitrogens is 2. The Labute approximate surface area is 212 Å². The second-order valence-electron chi connectivity index (χ2n) is 8.28. The van der Waals surface area contributed by atoms with Gasteiger partial charge in [0.05, 0.1) is 12.3 Å². The van der Waals surface area contributed by atoms with Gasteiger partial charge in [-0.3, -0.25) is 4.79 Å². The number of carbonyl (C=O) groups is 1. The lowest BCUT2D eigenvalue weighted by atomic mass is 10.1. The van der Waals surface area contributed by atoms with Crippen LogP contribution in [0.4, 0.5) is 0 Å². The van der Waals surface area contributed by atoms with E-state index in [9.17, 15) is 13.2 Å². The van der Waals surface area contributed by atoms with Crippen LogP contribution in [0.3, 0.4) is 0 Å². The number of hydrogen-bond donors (Lipinski definition) is 2. The summed E-state index contributed by atoms with van der Waals surface area (Å²) in [6, 6.07) is 19.9. The maximum absolute atomic E-state index is 13.7. The third-order valence-electron chi connectivity index (χ3n) is 5.87. The van der Waals surface area contributed by atoms with Crippen molar-refractivity contribution in [2.45, 2.75) is 11.0 Å². The molecule has 1 fully saturated rings. The van der Waals surface area contributed by atoms with E-state index < -0.39 is 22.0 Å². The molecule has 1 atom stereocenters. The highest BCUT2D eigenvalue weighted by molar-refractivity contribution is 7.89. The van der Waals surface area contributed by atoms with E-state index in [4.69, 9.17) is 26.8 Å². The van der Waals surface area contributed by atoms with Crippen LogP contribution < -0.4 is 10.5 Å². The summed E-state index contributed by atoms with van der Waals surface area (Å²) in [6.45, 7) is 0.414. The van der Waals surface area contributed by atoms with E-state index in [1.54, 1.807) is 18.2 Å². The number of fused-ring (bicyclic) bond motifs is 1. The van der Waals surface area contributed by atoms with Crippen LogP contribution in [0.1, 0.15) is 10.5 Å². The lowest BCUT2D eigenvalue weighted by Crippen LogP contribution is -2.47. The molecular weight excluding hydrogens is 504 g/mol. The van der Waals surface area contributed by atoms with Crippen LogP contribution in [0.25, 0.3) is 22.2 Å². The van der Waals surface area contributed by atoms with Gasteiger partial charge < -0.3 is 20.2 Å². The molecule has 3 heterocycles. The van der Waals surface area contributed by atoms with Crippen molar-refractivity contribution in [1.29, 1.82) is 0 Å². The number of nitrogens with one attached hydrogen (secondary N) is 1. The number of benzene rings is 2. The van der Waals surface area contributed by atoms with Crippen molar-refractivity contribution in [2.75, 3.05) is 26.3 Å². The van der Waals surface area contributed by atoms with Crippen LogP contribution in [0.5, 0.6) is 5.88 Å². The number of rotatable bonds is 7. The highest BCUT2D eigenvalue weighted by Crippen LogP contribution is 2.32. The summed E-state index contributed by atoms with van der Waals surface area (Å²) >= 11 is 6.11. The van der Waals surface area contributed by atoms with Gasteiger partial charge >= 0.3 is 0 Å². The summed E-state index contributed by atoms with van der Waals surface area (Å²) in [4.78, 5) is 19.2. The van der Waals surface area contributed by atoms with Crippen LogP contribution in [0.15, 0.2) is 71.6 Å². The SMILES string of the molecule is NC(=O)c1[nH]c2ccc(Cl)cc2c1S(=O)(=O)N1CCO[C@H](COc2cccc(-c3ccccc3)n2)C1. The molecule has 0 saturated carbocycles. The molecule has 36 heavy (non-hydrogen) atoms. The van der Waals surface area contributed by atoms with Gasteiger partial charge in [-0.2, -0.15) is 4.31 Å². The van der Waals surface area contributed by atoms with E-state index in [1.807, 2.05) is 42.5 Å². The minimum absolute atomic E-state index is 0.0339. The maximum atomic E-state index is 13.7. The average Bonchev–Trinajstić information content (AvgIpc) is 3.28. The van der Waals surface area contributed by atoms with E-state index >= 15 is 0 Å². The number of aromatic amines is 1. The van der Waals surface area contributed by atoms with E-state index in [0.717, 1.165) is 11.3 Å². The Bertz CT molecular complexity index is 1520. The molecule has 0 spiro atoms. The molecule has 4 aromatic rings. The fourth-order valence-corrected chi connectivity index (χ4v) is 6.13. The molecule has 0 aliphatic carbocycles. The molecule has 1 aliphatic heterocycles. The summed E-state index contributed by atoms with van der Waals surface area (Å²) in [7, 11) is -4.10. The predicted molar refractivity (Wildman–Crippen MR) is 135 cm³/mol. The van der Waals surface area contributed by atoms with E-state index in [-0.39, 0.29) is 36.9 Å². The van der Waals surface area contributed by atoms with Crippen molar-refractivity contribution in [2.24, 2.45) is 5.73 Å². The molecule has 1 saturated heterocycles. The third-order valence-corrected chi connectivity index (χ3v) is 8.06. The van der Waals surface area contributed by atoms with Crippen LogP contribution in [0, 0.1) is 0 Å².